The molecule has 18 heavy (non-hydrogen) atoms. The molecule has 1 saturated heterocycles. The van der Waals surface area contributed by atoms with Crippen molar-refractivity contribution in [2.45, 2.75) is 51.5 Å². The molecule has 1 saturated carbocycles. The van der Waals surface area contributed by atoms with Crippen LogP contribution in [-0.4, -0.2) is 36.8 Å². The van der Waals surface area contributed by atoms with Crippen LogP contribution < -0.4 is 10.6 Å². The molecule has 1 aliphatic carbocycles. The highest BCUT2D eigenvalue weighted by molar-refractivity contribution is 5.81. The van der Waals surface area contributed by atoms with Crippen molar-refractivity contribution >= 4 is 5.91 Å². The lowest BCUT2D eigenvalue weighted by Gasteiger charge is -2.30. The fraction of sp³-hybridized carbons (Fsp3) is 0.929. The van der Waals surface area contributed by atoms with Crippen molar-refractivity contribution in [1.29, 1.82) is 0 Å². The van der Waals surface area contributed by atoms with Crippen LogP contribution in [0.5, 0.6) is 0 Å². The van der Waals surface area contributed by atoms with Crippen molar-refractivity contribution in [2.24, 2.45) is 11.3 Å². The predicted molar refractivity (Wildman–Crippen MR) is 71.2 cm³/mol. The summed E-state index contributed by atoms with van der Waals surface area (Å²) < 4.78 is 0. The molecule has 1 heterocycles. The Morgan fingerprint density at radius 3 is 2.78 bits per heavy atom. The van der Waals surface area contributed by atoms with Crippen molar-refractivity contribution in [1.82, 2.24) is 10.6 Å². The van der Waals surface area contributed by atoms with E-state index in [1.54, 1.807) is 0 Å². The van der Waals surface area contributed by atoms with E-state index in [4.69, 9.17) is 0 Å². The minimum Gasteiger partial charge on any atom is -0.396 e. The number of aliphatic hydroxyl groups is 1. The number of nitrogens with one attached hydrogen (secondary N) is 2. The second-order valence-electron chi connectivity index (χ2n) is 6.22. The third-order valence-electron chi connectivity index (χ3n) is 4.62. The van der Waals surface area contributed by atoms with Gasteiger partial charge < -0.3 is 15.7 Å². The van der Waals surface area contributed by atoms with Gasteiger partial charge in [-0.05, 0) is 38.1 Å². The Kier molecular flexibility index (Phi) is 4.62. The fourth-order valence-corrected chi connectivity index (χ4v) is 3.22. The largest absolute Gasteiger partial charge is 0.396 e. The van der Waals surface area contributed by atoms with E-state index in [1.807, 2.05) is 0 Å². The number of aliphatic hydroxyl groups excluding tert-OH is 1. The molecule has 2 fully saturated rings. The Bertz CT molecular complexity index is 288. The third kappa shape index (κ3) is 3.23. The fourth-order valence-electron chi connectivity index (χ4n) is 3.22. The normalized spacial score (nSPS) is 31.2. The van der Waals surface area contributed by atoms with E-state index in [0.29, 0.717) is 12.5 Å². The second-order valence-corrected chi connectivity index (χ2v) is 6.22. The van der Waals surface area contributed by atoms with Gasteiger partial charge in [0.25, 0.3) is 0 Å². The van der Waals surface area contributed by atoms with Crippen LogP contribution in [0.25, 0.3) is 0 Å². The van der Waals surface area contributed by atoms with Gasteiger partial charge in [-0.15, -0.1) is 0 Å². The maximum absolute atomic E-state index is 12.1. The Labute approximate surface area is 110 Å². The van der Waals surface area contributed by atoms with Gasteiger partial charge in [-0.25, -0.2) is 0 Å². The van der Waals surface area contributed by atoms with Crippen LogP contribution in [-0.2, 0) is 4.79 Å². The Balaban J connectivity index is 1.80. The molecule has 2 rings (SSSR count). The molecule has 0 spiro atoms. The zero-order valence-corrected chi connectivity index (χ0v) is 11.4. The van der Waals surface area contributed by atoms with Gasteiger partial charge in [0.15, 0.2) is 0 Å². The lowest BCUT2D eigenvalue weighted by molar-refractivity contribution is -0.124. The Morgan fingerprint density at radius 1 is 1.44 bits per heavy atom. The summed E-state index contributed by atoms with van der Waals surface area (Å²) in [5.41, 5.74) is -0.0457. The van der Waals surface area contributed by atoms with E-state index in [1.165, 1.54) is 12.8 Å². The first-order valence-electron chi connectivity index (χ1n) is 7.27. The summed E-state index contributed by atoms with van der Waals surface area (Å²) in [5, 5.41) is 15.8. The molecule has 2 unspecified atom stereocenters. The lowest BCUT2D eigenvalue weighted by Crippen LogP contribution is -2.50. The number of hydrogen-bond donors (Lipinski definition) is 3. The van der Waals surface area contributed by atoms with Crippen molar-refractivity contribution in [3.05, 3.63) is 0 Å². The summed E-state index contributed by atoms with van der Waals surface area (Å²) in [4.78, 5) is 12.1. The molecular formula is C14H26N2O2. The number of carbonyl (C=O) groups is 1. The highest BCUT2D eigenvalue weighted by Gasteiger charge is 2.34. The molecule has 1 amide bonds. The van der Waals surface area contributed by atoms with Crippen LogP contribution in [0.15, 0.2) is 0 Å². The van der Waals surface area contributed by atoms with Gasteiger partial charge in [0.2, 0.25) is 5.91 Å². The van der Waals surface area contributed by atoms with Crippen LogP contribution in [0, 0.1) is 11.3 Å². The molecule has 2 aliphatic rings. The number of carbonyl (C=O) groups excluding carboxylic acids is 1. The average Bonchev–Trinajstić information content (AvgIpc) is 2.85. The van der Waals surface area contributed by atoms with Gasteiger partial charge in [0.1, 0.15) is 0 Å². The summed E-state index contributed by atoms with van der Waals surface area (Å²) in [6.45, 7) is 3.97. The van der Waals surface area contributed by atoms with Crippen LogP contribution >= 0.6 is 0 Å². The van der Waals surface area contributed by atoms with E-state index in [-0.39, 0.29) is 24.0 Å². The molecule has 104 valence electrons. The van der Waals surface area contributed by atoms with Gasteiger partial charge in [-0.3, -0.25) is 4.79 Å². The van der Waals surface area contributed by atoms with Crippen molar-refractivity contribution < 1.29 is 9.90 Å². The smallest absolute Gasteiger partial charge is 0.237 e. The van der Waals surface area contributed by atoms with Gasteiger partial charge in [0.05, 0.1) is 12.6 Å². The minimum absolute atomic E-state index is 0.0362. The summed E-state index contributed by atoms with van der Waals surface area (Å²) in [5.74, 6) is 0.738. The summed E-state index contributed by atoms with van der Waals surface area (Å²) in [6, 6.07) is -0.0362. The number of piperidine rings is 1. The molecule has 0 bridgehead atoms. The summed E-state index contributed by atoms with van der Waals surface area (Å²) >= 11 is 0. The highest BCUT2D eigenvalue weighted by atomic mass is 16.3. The molecule has 0 aromatic rings. The van der Waals surface area contributed by atoms with Crippen molar-refractivity contribution in [3.8, 4) is 0 Å². The quantitative estimate of drug-likeness (QED) is 0.702. The topological polar surface area (TPSA) is 61.4 Å². The first-order valence-corrected chi connectivity index (χ1v) is 7.27. The molecule has 0 aromatic heterocycles. The van der Waals surface area contributed by atoms with Gasteiger partial charge >= 0.3 is 0 Å². The maximum atomic E-state index is 12.1. The number of rotatable bonds is 4. The van der Waals surface area contributed by atoms with Crippen LogP contribution in [0.2, 0.25) is 0 Å². The summed E-state index contributed by atoms with van der Waals surface area (Å²) in [6.07, 6.45) is 6.52. The average molecular weight is 254 g/mol. The number of amides is 1. The van der Waals surface area contributed by atoms with E-state index in [9.17, 15) is 9.90 Å². The second kappa shape index (κ2) is 6.02. The number of hydrogen-bond acceptors (Lipinski definition) is 3. The molecule has 4 nitrogen and oxygen atoms in total. The SMILES string of the molecule is CC1CCNC(C(=O)NCC2(CO)CCCC2)C1. The van der Waals surface area contributed by atoms with Crippen LogP contribution in [0.1, 0.15) is 45.4 Å². The van der Waals surface area contributed by atoms with E-state index in [2.05, 4.69) is 17.6 Å². The maximum Gasteiger partial charge on any atom is 0.237 e. The third-order valence-corrected chi connectivity index (χ3v) is 4.62. The van der Waals surface area contributed by atoms with Gasteiger partial charge in [-0.1, -0.05) is 19.8 Å². The molecule has 2 atom stereocenters. The molecule has 4 heteroatoms. The molecule has 0 aromatic carbocycles. The Hall–Kier alpha value is -0.610. The van der Waals surface area contributed by atoms with E-state index < -0.39 is 0 Å². The van der Waals surface area contributed by atoms with Crippen molar-refractivity contribution in [3.63, 3.8) is 0 Å². The van der Waals surface area contributed by atoms with E-state index in [0.717, 1.165) is 32.2 Å². The monoisotopic (exact) mass is 254 g/mol. The lowest BCUT2D eigenvalue weighted by atomic mass is 9.87. The molecule has 3 N–H and O–H groups in total. The predicted octanol–water partition coefficient (Wildman–Crippen LogP) is 1.04. The molecular weight excluding hydrogens is 228 g/mol. The van der Waals surface area contributed by atoms with Crippen molar-refractivity contribution in [2.75, 3.05) is 19.7 Å². The van der Waals surface area contributed by atoms with Gasteiger partial charge in [-0.2, -0.15) is 0 Å². The minimum atomic E-state index is -0.0457. The van der Waals surface area contributed by atoms with Crippen LogP contribution in [0.3, 0.4) is 0 Å². The van der Waals surface area contributed by atoms with Gasteiger partial charge in [0, 0.05) is 12.0 Å². The molecule has 0 radical (unpaired) electrons. The standard InChI is InChI=1S/C14H26N2O2/c1-11-4-7-15-12(8-11)13(18)16-9-14(10-17)5-2-3-6-14/h11-12,15,17H,2-10H2,1H3,(H,16,18). The highest BCUT2D eigenvalue weighted by Crippen LogP contribution is 2.36. The Morgan fingerprint density at radius 2 is 2.17 bits per heavy atom. The first-order chi connectivity index (χ1) is 8.65. The van der Waals surface area contributed by atoms with E-state index >= 15 is 0 Å². The molecule has 1 aliphatic heterocycles. The summed E-state index contributed by atoms with van der Waals surface area (Å²) in [7, 11) is 0. The van der Waals surface area contributed by atoms with Crippen LogP contribution in [0.4, 0.5) is 0 Å². The zero-order chi connectivity index (χ0) is 13.0. The first kappa shape index (κ1) is 13.8. The zero-order valence-electron chi connectivity index (χ0n) is 11.4.